The predicted octanol–water partition coefficient (Wildman–Crippen LogP) is 15.4. The lowest BCUT2D eigenvalue weighted by molar-refractivity contribution is 0.0649. The normalized spacial score (nSPS) is 10.4. The number of imidazole rings is 3. The Morgan fingerprint density at radius 1 is 0.413 bits per heavy atom. The summed E-state index contributed by atoms with van der Waals surface area (Å²) in [6.07, 6.45) is 53.0. The maximum atomic E-state index is 10.6. The van der Waals surface area contributed by atoms with E-state index in [2.05, 4.69) is 67.6 Å². The fourth-order valence-corrected chi connectivity index (χ4v) is 8.65. The maximum Gasteiger partial charge on any atom is 0.336 e. The Bertz CT molecular complexity index is 2030. The van der Waals surface area contributed by atoms with Crippen molar-refractivity contribution in [2.24, 2.45) is 0 Å². The number of unbranched alkanes of at least 4 members (excludes halogenated alkanes) is 24. The second-order valence-corrected chi connectivity index (χ2v) is 19.2. The van der Waals surface area contributed by atoms with Crippen LogP contribution in [0.5, 0.6) is 0 Å². The second-order valence-electron chi connectivity index (χ2n) is 19.2. The zero-order valence-electron chi connectivity index (χ0n) is 46.2. The van der Waals surface area contributed by atoms with Gasteiger partial charge in [0.2, 0.25) is 0 Å². The first-order valence-electron chi connectivity index (χ1n) is 28.5. The van der Waals surface area contributed by atoms with Gasteiger partial charge in [0.1, 0.15) is 17.5 Å². The van der Waals surface area contributed by atoms with E-state index in [1.54, 1.807) is 0 Å². The summed E-state index contributed by atoms with van der Waals surface area (Å²) in [5.41, 5.74) is -1.24. The van der Waals surface area contributed by atoms with E-state index in [-0.39, 0.29) is 5.56 Å². The zero-order valence-corrected chi connectivity index (χ0v) is 46.2. The topological polar surface area (TPSA) is 237 Å². The van der Waals surface area contributed by atoms with Crippen molar-refractivity contribution in [1.29, 1.82) is 15.8 Å². The molecule has 3 aromatic heterocycles. The Balaban J connectivity index is 0.000000503. The molecular weight excluding hydrogens is 943 g/mol. The highest BCUT2D eigenvalue weighted by Crippen LogP contribution is 2.16. The first-order chi connectivity index (χ1) is 36.6. The molecule has 0 bridgehead atoms. The van der Waals surface area contributed by atoms with E-state index in [0.29, 0.717) is 19.3 Å². The molecule has 0 saturated heterocycles. The van der Waals surface area contributed by atoms with Crippen LogP contribution in [0.25, 0.3) is 0 Å². The standard InChI is InChI=1S/3C17H29N3.C9H6O6/c3*1-2-3-4-5-6-7-8-9-10-12-17-19-14-16-20(17)15-11-13-18;10-7(11)4-1-2-5(8(12)13)6(3-4)9(14)15/h3*14,16H,2-12,15H2,1H3;1-3H,(H,10,11)(H,12,13)(H,14,15). The number of aromatic nitrogens is 6. The van der Waals surface area contributed by atoms with Gasteiger partial charge in [0.15, 0.2) is 0 Å². The summed E-state index contributed by atoms with van der Waals surface area (Å²) in [5, 5.41) is 51.7. The molecule has 0 fully saturated rings. The van der Waals surface area contributed by atoms with Gasteiger partial charge in [0.25, 0.3) is 0 Å². The smallest absolute Gasteiger partial charge is 0.336 e. The highest BCUT2D eigenvalue weighted by molar-refractivity contribution is 6.03. The molecule has 15 nitrogen and oxygen atoms in total. The summed E-state index contributed by atoms with van der Waals surface area (Å²) in [4.78, 5) is 44.9. The number of benzene rings is 1. The van der Waals surface area contributed by atoms with Crippen molar-refractivity contribution in [2.45, 2.75) is 252 Å². The van der Waals surface area contributed by atoms with Gasteiger partial charge in [-0.05, 0) is 37.5 Å². The lowest BCUT2D eigenvalue weighted by Gasteiger charge is -2.05. The van der Waals surface area contributed by atoms with E-state index < -0.39 is 29.0 Å². The molecule has 4 rings (SSSR count). The minimum absolute atomic E-state index is 0.266. The Kier molecular flexibility index (Phi) is 41.2. The molecule has 3 heterocycles. The number of nitriles is 3. The van der Waals surface area contributed by atoms with E-state index in [9.17, 15) is 14.4 Å². The monoisotopic (exact) mass is 1040 g/mol. The number of carboxylic acids is 3. The summed E-state index contributed by atoms with van der Waals surface area (Å²) in [7, 11) is 0. The van der Waals surface area contributed by atoms with Gasteiger partial charge in [0.05, 0.1) is 54.2 Å². The lowest BCUT2D eigenvalue weighted by atomic mass is 10.0. The Hall–Kier alpha value is -6.27. The van der Waals surface area contributed by atoms with Crippen LogP contribution < -0.4 is 0 Å². The average Bonchev–Trinajstić information content (AvgIpc) is 4.19. The molecule has 0 unspecified atom stereocenters. The first kappa shape index (κ1) is 66.7. The molecule has 0 aliphatic rings. The summed E-state index contributed by atoms with van der Waals surface area (Å²) < 4.78 is 6.36. The van der Waals surface area contributed by atoms with E-state index in [1.165, 1.54) is 173 Å². The Morgan fingerprint density at radius 3 is 0.947 bits per heavy atom. The summed E-state index contributed by atoms with van der Waals surface area (Å²) in [6.45, 7) is 9.14. The molecule has 0 aliphatic carbocycles. The van der Waals surface area contributed by atoms with Crippen LogP contribution in [0.4, 0.5) is 0 Å². The van der Waals surface area contributed by atoms with Gasteiger partial charge in [-0.15, -0.1) is 0 Å². The van der Waals surface area contributed by atoms with E-state index in [0.717, 1.165) is 74.6 Å². The molecule has 0 aliphatic heterocycles. The number of carboxylic acid groups (broad SMARTS) is 3. The minimum Gasteiger partial charge on any atom is -0.478 e. The van der Waals surface area contributed by atoms with Crippen molar-refractivity contribution in [3.63, 3.8) is 0 Å². The molecule has 75 heavy (non-hydrogen) atoms. The van der Waals surface area contributed by atoms with E-state index in [1.807, 2.05) is 37.2 Å². The van der Waals surface area contributed by atoms with Crippen molar-refractivity contribution >= 4 is 17.9 Å². The fraction of sp³-hybridized carbons (Fsp3) is 0.650. The van der Waals surface area contributed by atoms with Crippen LogP contribution in [-0.4, -0.2) is 61.9 Å². The zero-order chi connectivity index (χ0) is 55.0. The first-order valence-corrected chi connectivity index (χ1v) is 28.5. The highest BCUT2D eigenvalue weighted by Gasteiger charge is 2.18. The third-order valence-electron chi connectivity index (χ3n) is 13.0. The highest BCUT2D eigenvalue weighted by atomic mass is 16.4. The molecular formula is C60H93N9O6. The van der Waals surface area contributed by atoms with Gasteiger partial charge in [-0.1, -0.05) is 175 Å². The second kappa shape index (κ2) is 46.3. The van der Waals surface area contributed by atoms with Crippen molar-refractivity contribution in [2.75, 3.05) is 0 Å². The predicted molar refractivity (Wildman–Crippen MR) is 297 cm³/mol. The van der Waals surface area contributed by atoms with Gasteiger partial charge in [-0.2, -0.15) is 15.8 Å². The Labute approximate surface area is 450 Å². The SMILES string of the molecule is CCCCCCCCCCCc1nccn1CCC#N.CCCCCCCCCCCc1nccn1CCC#N.CCCCCCCCCCCc1nccn1CCC#N.O=C(O)c1ccc(C(=O)O)c(C(=O)O)c1. The van der Waals surface area contributed by atoms with Crippen LogP contribution in [0, 0.1) is 34.0 Å². The molecule has 0 spiro atoms. The quantitative estimate of drug-likeness (QED) is 0.0354. The van der Waals surface area contributed by atoms with Crippen LogP contribution in [0.15, 0.2) is 55.4 Å². The fourth-order valence-electron chi connectivity index (χ4n) is 8.65. The largest absolute Gasteiger partial charge is 0.478 e. The summed E-state index contributed by atoms with van der Waals surface area (Å²) in [6, 6.07) is 9.38. The average molecular weight is 1040 g/mol. The molecule has 0 saturated carbocycles. The number of nitrogens with zero attached hydrogens (tertiary/aromatic N) is 9. The molecule has 0 radical (unpaired) electrons. The van der Waals surface area contributed by atoms with E-state index in [4.69, 9.17) is 31.1 Å². The number of carbonyl (C=O) groups is 3. The molecule has 414 valence electrons. The third kappa shape index (κ3) is 33.3. The number of aromatic carboxylic acids is 3. The van der Waals surface area contributed by atoms with Gasteiger partial charge < -0.3 is 29.0 Å². The van der Waals surface area contributed by atoms with Gasteiger partial charge >= 0.3 is 17.9 Å². The lowest BCUT2D eigenvalue weighted by Crippen LogP contribution is -2.10. The number of hydrogen-bond donors (Lipinski definition) is 3. The van der Waals surface area contributed by atoms with Crippen LogP contribution in [-0.2, 0) is 38.9 Å². The van der Waals surface area contributed by atoms with Crippen molar-refractivity contribution < 1.29 is 29.7 Å². The van der Waals surface area contributed by atoms with Gasteiger partial charge in [-0.25, -0.2) is 29.3 Å². The van der Waals surface area contributed by atoms with Crippen molar-refractivity contribution in [1.82, 2.24) is 28.7 Å². The summed E-state index contributed by atoms with van der Waals surface area (Å²) in [5.74, 6) is -0.774. The molecule has 4 aromatic rings. The number of aryl methyl sites for hydroxylation is 6. The molecule has 0 atom stereocenters. The van der Waals surface area contributed by atoms with Crippen LogP contribution in [0.2, 0.25) is 0 Å². The number of rotatable bonds is 39. The minimum atomic E-state index is -1.48. The van der Waals surface area contributed by atoms with Gasteiger partial charge in [-0.3, -0.25) is 0 Å². The number of hydrogen-bond acceptors (Lipinski definition) is 9. The van der Waals surface area contributed by atoms with Crippen LogP contribution in [0.3, 0.4) is 0 Å². The van der Waals surface area contributed by atoms with Gasteiger partial charge in [0, 0.05) is 76.1 Å². The summed E-state index contributed by atoms with van der Waals surface area (Å²) >= 11 is 0. The van der Waals surface area contributed by atoms with Crippen LogP contribution >= 0.6 is 0 Å². The third-order valence-corrected chi connectivity index (χ3v) is 13.0. The Morgan fingerprint density at radius 2 is 0.693 bits per heavy atom. The maximum absolute atomic E-state index is 10.6. The van der Waals surface area contributed by atoms with Crippen molar-refractivity contribution in [3.05, 3.63) is 89.5 Å². The molecule has 15 heteroatoms. The van der Waals surface area contributed by atoms with Crippen LogP contribution in [0.1, 0.15) is 262 Å². The van der Waals surface area contributed by atoms with E-state index >= 15 is 0 Å². The molecule has 3 N–H and O–H groups in total. The van der Waals surface area contributed by atoms with Crippen molar-refractivity contribution in [3.8, 4) is 18.2 Å². The molecule has 1 aromatic carbocycles. The molecule has 0 amide bonds.